The maximum atomic E-state index is 13.5. The standard InChI is InChI=1S/C20H17FN4O2S/c1-12-8-18(23-19(26)10-13-4-3-5-15(9-13)27-2)25(24-12)20-22-16-7-6-14(21)11-17(16)28-20/h3-9,11H,10H2,1-2H3,(H,23,26). The number of nitrogens with zero attached hydrogens (tertiary/aromatic N) is 3. The van der Waals surface area contributed by atoms with Gasteiger partial charge in [-0.2, -0.15) is 9.78 Å². The van der Waals surface area contributed by atoms with Crippen LogP contribution in [0.1, 0.15) is 11.3 Å². The number of anilines is 1. The molecule has 2 heterocycles. The Bertz CT molecular complexity index is 1170. The molecular formula is C20H17FN4O2S. The number of amides is 1. The average molecular weight is 396 g/mol. The Balaban J connectivity index is 1.59. The predicted octanol–water partition coefficient (Wildman–Crippen LogP) is 4.12. The highest BCUT2D eigenvalue weighted by Crippen LogP contribution is 2.28. The molecule has 0 radical (unpaired) electrons. The van der Waals surface area contributed by atoms with E-state index in [0.29, 0.717) is 22.2 Å². The van der Waals surface area contributed by atoms with Crippen molar-refractivity contribution >= 4 is 33.3 Å². The van der Waals surface area contributed by atoms with Gasteiger partial charge in [0.1, 0.15) is 17.4 Å². The Morgan fingerprint density at radius 3 is 2.93 bits per heavy atom. The zero-order valence-corrected chi connectivity index (χ0v) is 16.1. The van der Waals surface area contributed by atoms with Crippen molar-refractivity contribution in [1.29, 1.82) is 0 Å². The molecule has 0 aliphatic rings. The van der Waals surface area contributed by atoms with Crippen LogP contribution in [-0.4, -0.2) is 27.8 Å². The number of hydrogen-bond donors (Lipinski definition) is 1. The number of hydrogen-bond acceptors (Lipinski definition) is 5. The molecule has 0 fully saturated rings. The lowest BCUT2D eigenvalue weighted by Crippen LogP contribution is -2.17. The molecule has 4 rings (SSSR count). The number of rotatable bonds is 5. The number of carbonyl (C=O) groups is 1. The molecule has 0 bridgehead atoms. The molecule has 2 aromatic carbocycles. The van der Waals surface area contributed by atoms with E-state index in [-0.39, 0.29) is 18.1 Å². The fourth-order valence-electron chi connectivity index (χ4n) is 2.87. The summed E-state index contributed by atoms with van der Waals surface area (Å²) in [7, 11) is 1.59. The van der Waals surface area contributed by atoms with E-state index in [2.05, 4.69) is 15.4 Å². The Morgan fingerprint density at radius 2 is 2.11 bits per heavy atom. The van der Waals surface area contributed by atoms with E-state index in [1.807, 2.05) is 31.2 Å². The fourth-order valence-corrected chi connectivity index (χ4v) is 3.82. The van der Waals surface area contributed by atoms with Crippen LogP contribution >= 0.6 is 11.3 Å². The Kier molecular flexibility index (Phi) is 4.79. The molecule has 1 amide bonds. The van der Waals surface area contributed by atoms with Gasteiger partial charge in [0, 0.05) is 6.07 Å². The predicted molar refractivity (Wildman–Crippen MR) is 107 cm³/mol. The van der Waals surface area contributed by atoms with E-state index < -0.39 is 0 Å². The summed E-state index contributed by atoms with van der Waals surface area (Å²) in [5.41, 5.74) is 2.26. The zero-order valence-electron chi connectivity index (χ0n) is 15.3. The highest BCUT2D eigenvalue weighted by atomic mass is 32.1. The van der Waals surface area contributed by atoms with Crippen LogP contribution in [0.2, 0.25) is 0 Å². The molecule has 0 saturated heterocycles. The first-order valence-electron chi connectivity index (χ1n) is 8.58. The minimum atomic E-state index is -0.314. The quantitative estimate of drug-likeness (QED) is 0.551. The van der Waals surface area contributed by atoms with Crippen LogP contribution in [-0.2, 0) is 11.2 Å². The van der Waals surface area contributed by atoms with Crippen molar-refractivity contribution < 1.29 is 13.9 Å². The van der Waals surface area contributed by atoms with Crippen molar-refractivity contribution in [3.8, 4) is 10.9 Å². The van der Waals surface area contributed by atoms with Crippen LogP contribution in [0.3, 0.4) is 0 Å². The number of halogens is 1. The Labute approximate surface area is 164 Å². The third-order valence-corrected chi connectivity index (χ3v) is 5.11. The van der Waals surface area contributed by atoms with E-state index in [1.54, 1.807) is 23.9 Å². The molecule has 1 N–H and O–H groups in total. The van der Waals surface area contributed by atoms with E-state index in [4.69, 9.17) is 4.74 Å². The van der Waals surface area contributed by atoms with Gasteiger partial charge in [0.25, 0.3) is 0 Å². The summed E-state index contributed by atoms with van der Waals surface area (Å²) < 4.78 is 20.9. The summed E-state index contributed by atoms with van der Waals surface area (Å²) in [4.78, 5) is 17.0. The normalized spacial score (nSPS) is 11.0. The third-order valence-electron chi connectivity index (χ3n) is 4.12. The van der Waals surface area contributed by atoms with Crippen molar-refractivity contribution in [1.82, 2.24) is 14.8 Å². The summed E-state index contributed by atoms with van der Waals surface area (Å²) in [6.07, 6.45) is 0.201. The molecule has 4 aromatic rings. The lowest BCUT2D eigenvalue weighted by atomic mass is 10.1. The second kappa shape index (κ2) is 7.40. The number of nitrogens with one attached hydrogen (secondary N) is 1. The van der Waals surface area contributed by atoms with Gasteiger partial charge in [-0.05, 0) is 42.8 Å². The van der Waals surface area contributed by atoms with Gasteiger partial charge in [-0.25, -0.2) is 9.37 Å². The van der Waals surface area contributed by atoms with E-state index in [9.17, 15) is 9.18 Å². The molecule has 2 aromatic heterocycles. The molecular weight excluding hydrogens is 379 g/mol. The average Bonchev–Trinajstić information content (AvgIpc) is 3.24. The fraction of sp³-hybridized carbons (Fsp3) is 0.150. The Morgan fingerprint density at radius 1 is 1.25 bits per heavy atom. The number of methoxy groups -OCH3 is 1. The van der Waals surface area contributed by atoms with Gasteiger partial charge in [-0.1, -0.05) is 23.5 Å². The van der Waals surface area contributed by atoms with Crippen molar-refractivity contribution in [3.63, 3.8) is 0 Å². The van der Waals surface area contributed by atoms with E-state index in [1.165, 1.54) is 23.5 Å². The molecule has 0 atom stereocenters. The summed E-state index contributed by atoms with van der Waals surface area (Å²) >= 11 is 1.31. The molecule has 0 unspecified atom stereocenters. The smallest absolute Gasteiger partial charge is 0.229 e. The van der Waals surface area contributed by atoms with Gasteiger partial charge < -0.3 is 10.1 Å². The first-order valence-corrected chi connectivity index (χ1v) is 9.39. The topological polar surface area (TPSA) is 69.0 Å². The minimum Gasteiger partial charge on any atom is -0.497 e. The number of carbonyl (C=O) groups excluding carboxylic acids is 1. The maximum Gasteiger partial charge on any atom is 0.229 e. The monoisotopic (exact) mass is 396 g/mol. The van der Waals surface area contributed by atoms with Crippen LogP contribution in [0, 0.1) is 12.7 Å². The summed E-state index contributed by atoms with van der Waals surface area (Å²) in [5.74, 6) is 0.727. The lowest BCUT2D eigenvalue weighted by Gasteiger charge is -2.07. The highest BCUT2D eigenvalue weighted by molar-refractivity contribution is 7.20. The second-order valence-corrected chi connectivity index (χ2v) is 7.28. The van der Waals surface area contributed by atoms with Crippen LogP contribution in [0.25, 0.3) is 15.3 Å². The second-order valence-electron chi connectivity index (χ2n) is 6.27. The molecule has 0 saturated carbocycles. The van der Waals surface area contributed by atoms with Gasteiger partial charge >= 0.3 is 0 Å². The number of aryl methyl sites for hydroxylation is 1. The van der Waals surface area contributed by atoms with Gasteiger partial charge in [-0.15, -0.1) is 0 Å². The molecule has 0 spiro atoms. The number of benzene rings is 2. The third kappa shape index (κ3) is 3.72. The largest absolute Gasteiger partial charge is 0.497 e. The van der Waals surface area contributed by atoms with Gasteiger partial charge in [0.05, 0.1) is 29.4 Å². The van der Waals surface area contributed by atoms with Crippen molar-refractivity contribution in [2.45, 2.75) is 13.3 Å². The van der Waals surface area contributed by atoms with Gasteiger partial charge in [-0.3, -0.25) is 4.79 Å². The number of aromatic nitrogens is 3. The minimum absolute atomic E-state index is 0.179. The maximum absolute atomic E-state index is 13.5. The van der Waals surface area contributed by atoms with Crippen molar-refractivity contribution in [3.05, 3.63) is 65.6 Å². The van der Waals surface area contributed by atoms with Crippen LogP contribution in [0.15, 0.2) is 48.5 Å². The number of thiazole rings is 1. The summed E-state index contributed by atoms with van der Waals surface area (Å²) in [5, 5.41) is 7.87. The molecule has 8 heteroatoms. The zero-order chi connectivity index (χ0) is 19.7. The number of fused-ring (bicyclic) bond motifs is 1. The summed E-state index contributed by atoms with van der Waals surface area (Å²) in [6.45, 7) is 1.83. The molecule has 0 aliphatic heterocycles. The van der Waals surface area contributed by atoms with Crippen molar-refractivity contribution in [2.75, 3.05) is 12.4 Å². The van der Waals surface area contributed by atoms with Gasteiger partial charge in [0.2, 0.25) is 11.0 Å². The van der Waals surface area contributed by atoms with Crippen LogP contribution in [0.4, 0.5) is 10.2 Å². The van der Waals surface area contributed by atoms with Gasteiger partial charge in [0.15, 0.2) is 0 Å². The highest BCUT2D eigenvalue weighted by Gasteiger charge is 2.15. The van der Waals surface area contributed by atoms with E-state index in [0.717, 1.165) is 16.0 Å². The first kappa shape index (κ1) is 18.1. The molecule has 0 aliphatic carbocycles. The summed E-state index contributed by atoms with van der Waals surface area (Å²) in [6, 6.07) is 13.6. The van der Waals surface area contributed by atoms with E-state index >= 15 is 0 Å². The molecule has 142 valence electrons. The van der Waals surface area contributed by atoms with Crippen LogP contribution in [0.5, 0.6) is 5.75 Å². The SMILES string of the molecule is COc1cccc(CC(=O)Nc2cc(C)nn2-c2nc3ccc(F)cc3s2)c1. The molecule has 6 nitrogen and oxygen atoms in total. The first-order chi connectivity index (χ1) is 13.5. The molecule has 28 heavy (non-hydrogen) atoms. The number of ether oxygens (including phenoxy) is 1. The van der Waals surface area contributed by atoms with Crippen LogP contribution < -0.4 is 10.1 Å². The van der Waals surface area contributed by atoms with Crippen molar-refractivity contribution in [2.24, 2.45) is 0 Å². The lowest BCUT2D eigenvalue weighted by molar-refractivity contribution is -0.115. The Hall–Kier alpha value is -3.26.